The van der Waals surface area contributed by atoms with Crippen LogP contribution < -0.4 is 10.2 Å². The molecule has 3 heterocycles. The molecular formula is C26H27ClN6O. The van der Waals surface area contributed by atoms with E-state index in [-0.39, 0.29) is 11.2 Å². The number of nitrogens with one attached hydrogen (secondary N) is 1. The van der Waals surface area contributed by atoms with Gasteiger partial charge < -0.3 is 14.8 Å². The van der Waals surface area contributed by atoms with E-state index in [1.807, 2.05) is 31.2 Å². The lowest BCUT2D eigenvalue weighted by molar-refractivity contribution is -0.117. The van der Waals surface area contributed by atoms with Gasteiger partial charge in [-0.2, -0.15) is 0 Å². The number of fused-ring (bicyclic) bond motifs is 1. The van der Waals surface area contributed by atoms with Crippen molar-refractivity contribution in [2.24, 2.45) is 0 Å². The fourth-order valence-electron chi connectivity index (χ4n) is 4.41. The molecule has 0 bridgehead atoms. The van der Waals surface area contributed by atoms with Crippen molar-refractivity contribution in [1.29, 1.82) is 0 Å². The Morgan fingerprint density at radius 2 is 1.79 bits per heavy atom. The summed E-state index contributed by atoms with van der Waals surface area (Å²) in [6.45, 7) is 6.26. The van der Waals surface area contributed by atoms with E-state index < -0.39 is 0 Å². The van der Waals surface area contributed by atoms with E-state index in [1.165, 1.54) is 5.56 Å². The minimum absolute atomic E-state index is 0.00237. The van der Waals surface area contributed by atoms with Crippen molar-refractivity contribution in [2.45, 2.75) is 13.5 Å². The summed E-state index contributed by atoms with van der Waals surface area (Å²) in [6, 6.07) is 20.5. The van der Waals surface area contributed by atoms with Crippen molar-refractivity contribution in [3.05, 3.63) is 83.4 Å². The van der Waals surface area contributed by atoms with Gasteiger partial charge in [0.2, 0.25) is 11.2 Å². The Bertz CT molecular complexity index is 1280. The molecule has 1 saturated heterocycles. The minimum atomic E-state index is -0.00237. The first-order chi connectivity index (χ1) is 16.5. The van der Waals surface area contributed by atoms with E-state index in [1.54, 1.807) is 0 Å². The van der Waals surface area contributed by atoms with E-state index in [0.29, 0.717) is 6.54 Å². The van der Waals surface area contributed by atoms with Crippen LogP contribution in [0.15, 0.2) is 66.9 Å². The van der Waals surface area contributed by atoms with Crippen LogP contribution in [0.1, 0.15) is 11.3 Å². The second kappa shape index (κ2) is 9.83. The molecule has 0 unspecified atom stereocenters. The van der Waals surface area contributed by atoms with Crippen molar-refractivity contribution >= 4 is 39.9 Å². The first kappa shape index (κ1) is 22.4. The van der Waals surface area contributed by atoms with Crippen LogP contribution in [-0.4, -0.2) is 58.1 Å². The number of amides is 1. The predicted octanol–water partition coefficient (Wildman–Crippen LogP) is 4.20. The molecule has 7 nitrogen and oxygen atoms in total. The third-order valence-electron chi connectivity index (χ3n) is 6.13. The van der Waals surface area contributed by atoms with E-state index in [0.717, 1.165) is 60.8 Å². The summed E-state index contributed by atoms with van der Waals surface area (Å²) in [5.41, 5.74) is 4.08. The largest absolute Gasteiger partial charge is 0.354 e. The van der Waals surface area contributed by atoms with Gasteiger partial charge in [-0.1, -0.05) is 30.3 Å². The first-order valence-corrected chi connectivity index (χ1v) is 11.8. The number of carbonyl (C=O) groups is 1. The molecule has 5 rings (SSSR count). The SMILES string of the molecule is Cc1cc(N2CCN(CC(=O)Nc3ccc4c(ccn4Cc4ccccc4)c3)CC2)nc(Cl)n1. The highest BCUT2D eigenvalue weighted by atomic mass is 35.5. The van der Waals surface area contributed by atoms with Gasteiger partial charge in [0.15, 0.2) is 0 Å². The number of hydrogen-bond acceptors (Lipinski definition) is 5. The van der Waals surface area contributed by atoms with Crippen molar-refractivity contribution in [3.8, 4) is 0 Å². The minimum Gasteiger partial charge on any atom is -0.354 e. The maximum Gasteiger partial charge on any atom is 0.238 e. The number of nitrogens with zero attached hydrogens (tertiary/aromatic N) is 5. The fraction of sp³-hybridized carbons (Fsp3) is 0.269. The second-order valence-corrected chi connectivity index (χ2v) is 8.99. The molecule has 0 atom stereocenters. The number of rotatable bonds is 6. The van der Waals surface area contributed by atoms with Gasteiger partial charge >= 0.3 is 0 Å². The molecule has 8 heteroatoms. The van der Waals surface area contributed by atoms with E-state index >= 15 is 0 Å². The van der Waals surface area contributed by atoms with Crippen LogP contribution >= 0.6 is 11.6 Å². The number of hydrogen-bond donors (Lipinski definition) is 1. The predicted molar refractivity (Wildman–Crippen MR) is 137 cm³/mol. The lowest BCUT2D eigenvalue weighted by Crippen LogP contribution is -2.49. The summed E-state index contributed by atoms with van der Waals surface area (Å²) in [5, 5.41) is 4.44. The summed E-state index contributed by atoms with van der Waals surface area (Å²) in [5.74, 6) is 0.839. The van der Waals surface area contributed by atoms with Gasteiger partial charge in [-0.3, -0.25) is 9.69 Å². The average Bonchev–Trinajstić information content (AvgIpc) is 3.21. The van der Waals surface area contributed by atoms with E-state index in [2.05, 4.69) is 72.2 Å². The lowest BCUT2D eigenvalue weighted by Gasteiger charge is -2.35. The van der Waals surface area contributed by atoms with Crippen LogP contribution in [0.4, 0.5) is 11.5 Å². The Morgan fingerprint density at radius 1 is 1.00 bits per heavy atom. The number of aryl methyl sites for hydroxylation is 1. The van der Waals surface area contributed by atoms with Gasteiger partial charge in [-0.05, 0) is 48.4 Å². The van der Waals surface area contributed by atoms with Gasteiger partial charge in [-0.15, -0.1) is 0 Å². The van der Waals surface area contributed by atoms with Crippen LogP contribution in [0.2, 0.25) is 5.28 Å². The highest BCUT2D eigenvalue weighted by molar-refractivity contribution is 6.28. The molecule has 4 aromatic rings. The first-order valence-electron chi connectivity index (χ1n) is 11.4. The summed E-state index contributed by atoms with van der Waals surface area (Å²) in [6.07, 6.45) is 2.09. The molecule has 1 N–H and O–H groups in total. The maximum absolute atomic E-state index is 12.7. The molecule has 2 aromatic carbocycles. The van der Waals surface area contributed by atoms with Gasteiger partial charge in [-0.25, -0.2) is 9.97 Å². The number of piperazine rings is 1. The molecule has 0 radical (unpaired) electrons. The second-order valence-electron chi connectivity index (χ2n) is 8.65. The highest BCUT2D eigenvalue weighted by Gasteiger charge is 2.20. The van der Waals surface area contributed by atoms with Crippen molar-refractivity contribution in [3.63, 3.8) is 0 Å². The summed E-state index contributed by atoms with van der Waals surface area (Å²) in [4.78, 5) is 25.5. The number of halogens is 1. The molecule has 2 aromatic heterocycles. The van der Waals surface area contributed by atoms with Crippen LogP contribution in [-0.2, 0) is 11.3 Å². The Balaban J connectivity index is 1.16. The zero-order chi connectivity index (χ0) is 23.5. The third kappa shape index (κ3) is 5.21. The Labute approximate surface area is 204 Å². The van der Waals surface area contributed by atoms with Crippen molar-refractivity contribution < 1.29 is 4.79 Å². The standard InChI is InChI=1S/C26H27ClN6O/c1-19-15-24(30-26(27)28-19)32-13-11-31(12-14-32)18-25(34)29-22-7-8-23-21(16-22)9-10-33(23)17-20-5-3-2-4-6-20/h2-10,15-16H,11-14,17-18H2,1H3,(H,29,34). The van der Waals surface area contributed by atoms with E-state index in [4.69, 9.17) is 11.6 Å². The molecule has 0 saturated carbocycles. The molecule has 1 aliphatic heterocycles. The van der Waals surface area contributed by atoms with Crippen molar-refractivity contribution in [1.82, 2.24) is 19.4 Å². The van der Waals surface area contributed by atoms with Gasteiger partial charge in [0, 0.05) is 67.3 Å². The van der Waals surface area contributed by atoms with E-state index in [9.17, 15) is 4.79 Å². The van der Waals surface area contributed by atoms with Crippen LogP contribution in [0.25, 0.3) is 10.9 Å². The number of anilines is 2. The quantitative estimate of drug-likeness (QED) is 0.424. The molecule has 174 valence electrons. The zero-order valence-electron chi connectivity index (χ0n) is 19.1. The summed E-state index contributed by atoms with van der Waals surface area (Å²) in [7, 11) is 0. The summed E-state index contributed by atoms with van der Waals surface area (Å²) >= 11 is 6.00. The smallest absolute Gasteiger partial charge is 0.238 e. The normalized spacial score (nSPS) is 14.5. The molecule has 0 aliphatic carbocycles. The number of benzene rings is 2. The van der Waals surface area contributed by atoms with Crippen LogP contribution in [0.5, 0.6) is 0 Å². The number of carbonyl (C=O) groups excluding carboxylic acids is 1. The lowest BCUT2D eigenvalue weighted by atomic mass is 10.2. The third-order valence-corrected chi connectivity index (χ3v) is 6.30. The molecule has 34 heavy (non-hydrogen) atoms. The summed E-state index contributed by atoms with van der Waals surface area (Å²) < 4.78 is 2.22. The average molecular weight is 475 g/mol. The fourth-order valence-corrected chi connectivity index (χ4v) is 4.63. The Kier molecular flexibility index (Phi) is 6.47. The van der Waals surface area contributed by atoms with Gasteiger partial charge in [0.25, 0.3) is 0 Å². The molecule has 1 fully saturated rings. The van der Waals surface area contributed by atoms with Gasteiger partial charge in [0.1, 0.15) is 5.82 Å². The van der Waals surface area contributed by atoms with Crippen molar-refractivity contribution in [2.75, 3.05) is 42.9 Å². The number of aromatic nitrogens is 3. The molecule has 1 aliphatic rings. The zero-order valence-corrected chi connectivity index (χ0v) is 19.9. The van der Waals surface area contributed by atoms with Crippen LogP contribution in [0, 0.1) is 6.92 Å². The van der Waals surface area contributed by atoms with Gasteiger partial charge in [0.05, 0.1) is 6.54 Å². The molecule has 1 amide bonds. The monoisotopic (exact) mass is 474 g/mol. The topological polar surface area (TPSA) is 66.3 Å². The Hall–Kier alpha value is -3.42. The van der Waals surface area contributed by atoms with Crippen LogP contribution in [0.3, 0.4) is 0 Å². The molecule has 0 spiro atoms. The molecular weight excluding hydrogens is 448 g/mol. The highest BCUT2D eigenvalue weighted by Crippen LogP contribution is 2.22. The Morgan fingerprint density at radius 3 is 2.56 bits per heavy atom. The maximum atomic E-state index is 12.7.